The van der Waals surface area contributed by atoms with Crippen LogP contribution in [0.15, 0.2) is 18.2 Å². The number of rotatable bonds is 4. The minimum atomic E-state index is 0.839. The maximum atomic E-state index is 6.07. The number of aryl methyl sites for hydroxylation is 1. The molecule has 0 radical (unpaired) electrons. The molecule has 1 aromatic rings. The lowest BCUT2D eigenvalue weighted by molar-refractivity contribution is 0.352. The van der Waals surface area contributed by atoms with Gasteiger partial charge in [0.25, 0.3) is 0 Å². The Morgan fingerprint density at radius 3 is 2.75 bits per heavy atom. The number of hydrogen-bond acceptors (Lipinski definition) is 2. The molecule has 1 fully saturated rings. The first-order valence-electron chi connectivity index (χ1n) is 5.98. The van der Waals surface area contributed by atoms with Crippen molar-refractivity contribution >= 4 is 17.3 Å². The first kappa shape index (κ1) is 11.7. The summed E-state index contributed by atoms with van der Waals surface area (Å²) in [5.41, 5.74) is 2.25. The lowest BCUT2D eigenvalue weighted by Gasteiger charge is -2.15. The Bertz CT molecular complexity index is 346. The second-order valence-electron chi connectivity index (χ2n) is 4.44. The van der Waals surface area contributed by atoms with Gasteiger partial charge in [-0.3, -0.25) is 0 Å². The highest BCUT2D eigenvalue weighted by Gasteiger charge is 2.10. The van der Waals surface area contributed by atoms with Gasteiger partial charge in [-0.15, -0.1) is 0 Å². The van der Waals surface area contributed by atoms with Crippen LogP contribution in [0.4, 0.5) is 5.69 Å². The van der Waals surface area contributed by atoms with E-state index in [2.05, 4.69) is 22.3 Å². The predicted octanol–water partition coefficient (Wildman–Crippen LogP) is 3.16. The molecule has 0 atom stereocenters. The van der Waals surface area contributed by atoms with E-state index in [0.29, 0.717) is 0 Å². The fourth-order valence-corrected chi connectivity index (χ4v) is 2.25. The Labute approximate surface area is 103 Å². The summed E-state index contributed by atoms with van der Waals surface area (Å²) in [6.07, 6.45) is 2.71. The second-order valence-corrected chi connectivity index (χ2v) is 4.85. The van der Waals surface area contributed by atoms with Crippen molar-refractivity contribution in [3.63, 3.8) is 0 Å². The number of nitrogens with zero attached hydrogens (tertiary/aromatic N) is 1. The number of likely N-dealkylation sites (tertiary alicyclic amines) is 1. The molecule has 2 rings (SSSR count). The van der Waals surface area contributed by atoms with Gasteiger partial charge >= 0.3 is 0 Å². The molecule has 1 aromatic carbocycles. The van der Waals surface area contributed by atoms with Gasteiger partial charge in [-0.2, -0.15) is 0 Å². The fraction of sp³-hybridized carbons (Fsp3) is 0.538. The molecule has 88 valence electrons. The number of halogens is 1. The molecule has 3 heteroatoms. The van der Waals surface area contributed by atoms with Crippen molar-refractivity contribution in [2.75, 3.05) is 31.5 Å². The monoisotopic (exact) mass is 238 g/mol. The van der Waals surface area contributed by atoms with Crippen LogP contribution in [-0.4, -0.2) is 31.1 Å². The Morgan fingerprint density at radius 1 is 1.31 bits per heavy atom. The molecule has 0 unspecified atom stereocenters. The summed E-state index contributed by atoms with van der Waals surface area (Å²) in [4.78, 5) is 2.50. The van der Waals surface area contributed by atoms with Crippen LogP contribution in [0.5, 0.6) is 0 Å². The predicted molar refractivity (Wildman–Crippen MR) is 70.4 cm³/mol. The minimum Gasteiger partial charge on any atom is -0.384 e. The maximum absolute atomic E-state index is 6.07. The Hall–Kier alpha value is -0.730. The van der Waals surface area contributed by atoms with Gasteiger partial charge in [-0.1, -0.05) is 17.7 Å². The number of anilines is 1. The van der Waals surface area contributed by atoms with Gasteiger partial charge in [0.15, 0.2) is 0 Å². The lowest BCUT2D eigenvalue weighted by Crippen LogP contribution is -2.25. The van der Waals surface area contributed by atoms with Gasteiger partial charge in [-0.25, -0.2) is 0 Å². The van der Waals surface area contributed by atoms with Crippen molar-refractivity contribution in [3.8, 4) is 0 Å². The third-order valence-corrected chi connectivity index (χ3v) is 3.53. The smallest absolute Gasteiger partial charge is 0.0455 e. The Balaban J connectivity index is 1.78. The summed E-state index contributed by atoms with van der Waals surface area (Å²) < 4.78 is 0. The standard InChI is InChI=1S/C13H19ClN2/c1-11-4-5-12(10-13(11)14)15-6-9-16-7-2-3-8-16/h4-5,10,15H,2-3,6-9H2,1H3. The minimum absolute atomic E-state index is 0.839. The Morgan fingerprint density at radius 2 is 2.06 bits per heavy atom. The average Bonchev–Trinajstić information content (AvgIpc) is 2.76. The molecule has 1 N–H and O–H groups in total. The van der Waals surface area contributed by atoms with Crippen LogP contribution in [0.3, 0.4) is 0 Å². The van der Waals surface area contributed by atoms with Crippen molar-refractivity contribution < 1.29 is 0 Å². The fourth-order valence-electron chi connectivity index (χ4n) is 2.07. The van der Waals surface area contributed by atoms with Gasteiger partial charge < -0.3 is 10.2 Å². The summed E-state index contributed by atoms with van der Waals surface area (Å²) in [6, 6.07) is 6.15. The summed E-state index contributed by atoms with van der Waals surface area (Å²) in [5, 5.41) is 4.25. The van der Waals surface area contributed by atoms with E-state index in [1.807, 2.05) is 13.0 Å². The lowest BCUT2D eigenvalue weighted by atomic mass is 10.2. The van der Waals surface area contributed by atoms with Crippen LogP contribution in [-0.2, 0) is 0 Å². The van der Waals surface area contributed by atoms with E-state index >= 15 is 0 Å². The first-order chi connectivity index (χ1) is 7.75. The van der Waals surface area contributed by atoms with Crippen LogP contribution in [0, 0.1) is 6.92 Å². The summed E-state index contributed by atoms with van der Waals surface area (Å²) in [5.74, 6) is 0. The summed E-state index contributed by atoms with van der Waals surface area (Å²) in [6.45, 7) is 6.67. The number of hydrogen-bond donors (Lipinski definition) is 1. The van der Waals surface area contributed by atoms with Crippen LogP contribution < -0.4 is 5.32 Å². The van der Waals surface area contributed by atoms with Crippen molar-refractivity contribution in [1.29, 1.82) is 0 Å². The summed E-state index contributed by atoms with van der Waals surface area (Å²) >= 11 is 6.07. The third kappa shape index (κ3) is 3.13. The largest absolute Gasteiger partial charge is 0.384 e. The van der Waals surface area contributed by atoms with Crippen molar-refractivity contribution in [2.45, 2.75) is 19.8 Å². The topological polar surface area (TPSA) is 15.3 Å². The highest BCUT2D eigenvalue weighted by Crippen LogP contribution is 2.19. The van der Waals surface area contributed by atoms with Crippen LogP contribution in [0.25, 0.3) is 0 Å². The van der Waals surface area contributed by atoms with E-state index in [1.165, 1.54) is 25.9 Å². The van der Waals surface area contributed by atoms with Crippen molar-refractivity contribution in [2.24, 2.45) is 0 Å². The molecule has 1 saturated heterocycles. The van der Waals surface area contributed by atoms with Gasteiger partial charge in [0.05, 0.1) is 0 Å². The van der Waals surface area contributed by atoms with Crippen LogP contribution in [0.2, 0.25) is 5.02 Å². The molecular weight excluding hydrogens is 220 g/mol. The Kier molecular flexibility index (Phi) is 4.08. The van der Waals surface area contributed by atoms with E-state index < -0.39 is 0 Å². The molecule has 2 nitrogen and oxygen atoms in total. The van der Waals surface area contributed by atoms with Gasteiger partial charge in [-0.05, 0) is 50.6 Å². The van der Waals surface area contributed by atoms with Crippen molar-refractivity contribution in [1.82, 2.24) is 4.90 Å². The van der Waals surface area contributed by atoms with E-state index in [1.54, 1.807) is 0 Å². The van der Waals surface area contributed by atoms with E-state index in [4.69, 9.17) is 11.6 Å². The highest BCUT2D eigenvalue weighted by molar-refractivity contribution is 6.31. The maximum Gasteiger partial charge on any atom is 0.0455 e. The molecule has 0 spiro atoms. The number of nitrogens with one attached hydrogen (secondary N) is 1. The normalized spacial score (nSPS) is 16.6. The molecule has 0 bridgehead atoms. The van der Waals surface area contributed by atoms with Crippen molar-refractivity contribution in [3.05, 3.63) is 28.8 Å². The molecule has 0 aliphatic carbocycles. The van der Waals surface area contributed by atoms with Gasteiger partial charge in [0.2, 0.25) is 0 Å². The first-order valence-corrected chi connectivity index (χ1v) is 6.36. The van der Waals surface area contributed by atoms with Gasteiger partial charge in [0, 0.05) is 23.8 Å². The molecule has 1 heterocycles. The molecule has 0 amide bonds. The van der Waals surface area contributed by atoms with E-state index in [9.17, 15) is 0 Å². The van der Waals surface area contributed by atoms with E-state index in [-0.39, 0.29) is 0 Å². The van der Waals surface area contributed by atoms with Gasteiger partial charge in [0.1, 0.15) is 0 Å². The molecule has 0 saturated carbocycles. The highest BCUT2D eigenvalue weighted by atomic mass is 35.5. The number of benzene rings is 1. The van der Waals surface area contributed by atoms with Crippen LogP contribution >= 0.6 is 11.6 Å². The molecular formula is C13H19ClN2. The zero-order chi connectivity index (χ0) is 11.4. The SMILES string of the molecule is Cc1ccc(NCCN2CCCC2)cc1Cl. The van der Waals surface area contributed by atoms with E-state index in [0.717, 1.165) is 29.4 Å². The summed E-state index contributed by atoms with van der Waals surface area (Å²) in [7, 11) is 0. The third-order valence-electron chi connectivity index (χ3n) is 3.13. The zero-order valence-corrected chi connectivity index (χ0v) is 10.6. The second kappa shape index (κ2) is 5.55. The molecule has 1 aliphatic rings. The molecule has 1 aliphatic heterocycles. The van der Waals surface area contributed by atoms with Crippen LogP contribution in [0.1, 0.15) is 18.4 Å². The zero-order valence-electron chi connectivity index (χ0n) is 9.80. The molecule has 16 heavy (non-hydrogen) atoms. The quantitative estimate of drug-likeness (QED) is 0.867. The average molecular weight is 239 g/mol. The molecule has 0 aromatic heterocycles.